The average Bonchev–Trinajstić information content (AvgIpc) is 3.11. The lowest BCUT2D eigenvalue weighted by Gasteiger charge is -2.06. The van der Waals surface area contributed by atoms with Crippen molar-refractivity contribution in [3.05, 3.63) is 71.9 Å². The van der Waals surface area contributed by atoms with Crippen LogP contribution in [0.5, 0.6) is 11.5 Å². The van der Waals surface area contributed by atoms with Crippen LogP contribution >= 0.6 is 0 Å². The lowest BCUT2D eigenvalue weighted by molar-refractivity contribution is 0.0992. The Hall–Kier alpha value is -3.79. The van der Waals surface area contributed by atoms with E-state index in [-0.39, 0.29) is 23.8 Å². The number of nitrogens with one attached hydrogen (secondary N) is 1. The predicted molar refractivity (Wildman–Crippen MR) is 88.1 cm³/mol. The summed E-state index contributed by atoms with van der Waals surface area (Å²) in [5, 5.41) is 21.2. The van der Waals surface area contributed by atoms with Gasteiger partial charge in [0.05, 0.1) is 17.4 Å². The highest BCUT2D eigenvalue weighted by molar-refractivity contribution is 6.03. The molecule has 7 heteroatoms. The van der Waals surface area contributed by atoms with Crippen LogP contribution in [-0.2, 0) is 6.61 Å². The van der Waals surface area contributed by atoms with E-state index in [0.29, 0.717) is 17.1 Å². The van der Waals surface area contributed by atoms with E-state index in [1.807, 2.05) is 6.07 Å². The van der Waals surface area contributed by atoms with E-state index >= 15 is 0 Å². The zero-order valence-electron chi connectivity index (χ0n) is 13.0. The Morgan fingerprint density at radius 1 is 1.28 bits per heavy atom. The molecule has 0 radical (unpaired) electrons. The summed E-state index contributed by atoms with van der Waals surface area (Å²) < 4.78 is 11.0. The van der Waals surface area contributed by atoms with Crippen molar-refractivity contribution in [2.75, 3.05) is 5.32 Å². The number of hydrogen-bond donors (Lipinski definition) is 2. The molecule has 0 aliphatic heterocycles. The van der Waals surface area contributed by atoms with Crippen LogP contribution in [0.2, 0.25) is 0 Å². The van der Waals surface area contributed by atoms with E-state index in [9.17, 15) is 9.90 Å². The van der Waals surface area contributed by atoms with Gasteiger partial charge < -0.3 is 19.6 Å². The topological polar surface area (TPSA) is 108 Å². The Labute approximate surface area is 143 Å². The van der Waals surface area contributed by atoms with Crippen LogP contribution in [0.15, 0.2) is 59.3 Å². The largest absolute Gasteiger partial charge is 0.504 e. The molecule has 1 aromatic carbocycles. The highest BCUT2D eigenvalue weighted by Gasteiger charge is 2.14. The summed E-state index contributed by atoms with van der Waals surface area (Å²) in [6, 6.07) is 13.5. The maximum atomic E-state index is 12.1. The van der Waals surface area contributed by atoms with Crippen molar-refractivity contribution >= 4 is 11.6 Å². The highest BCUT2D eigenvalue weighted by atomic mass is 16.5. The second-order valence-corrected chi connectivity index (χ2v) is 5.01. The number of para-hydroxylation sites is 1. The van der Waals surface area contributed by atoms with Crippen LogP contribution in [-0.4, -0.2) is 16.0 Å². The molecule has 2 N–H and O–H groups in total. The summed E-state index contributed by atoms with van der Waals surface area (Å²) in [4.78, 5) is 15.9. The van der Waals surface area contributed by atoms with Crippen molar-refractivity contribution in [1.29, 1.82) is 5.26 Å². The second-order valence-electron chi connectivity index (χ2n) is 5.01. The molecule has 0 fully saturated rings. The summed E-state index contributed by atoms with van der Waals surface area (Å²) in [5.41, 5.74) is 0.650. The van der Waals surface area contributed by atoms with Gasteiger partial charge in [0.25, 0.3) is 5.91 Å². The van der Waals surface area contributed by atoms with Gasteiger partial charge in [-0.1, -0.05) is 12.1 Å². The number of rotatable bonds is 5. The standard InChI is InChI=1S/C18H13N3O4/c19-9-12-3-1-2-4-16(12)24-11-13-5-6-17(25-13)18(23)21-14-7-8-20-10-15(14)22/h1-8,10,22H,11H2,(H,20,21,23). The number of carbonyl (C=O) groups is 1. The number of pyridine rings is 1. The van der Waals surface area contributed by atoms with Crippen LogP contribution in [0.3, 0.4) is 0 Å². The first-order valence-corrected chi connectivity index (χ1v) is 7.32. The molecular formula is C18H13N3O4. The number of nitrogens with zero attached hydrogens (tertiary/aromatic N) is 2. The Morgan fingerprint density at radius 2 is 2.12 bits per heavy atom. The minimum Gasteiger partial charge on any atom is -0.504 e. The van der Waals surface area contributed by atoms with Crippen molar-refractivity contribution in [3.63, 3.8) is 0 Å². The number of aromatic nitrogens is 1. The van der Waals surface area contributed by atoms with Gasteiger partial charge in [-0.15, -0.1) is 0 Å². The number of hydrogen-bond acceptors (Lipinski definition) is 6. The molecule has 0 aliphatic carbocycles. The second kappa shape index (κ2) is 7.19. The summed E-state index contributed by atoms with van der Waals surface area (Å²) in [6.45, 7) is 0.0759. The van der Waals surface area contributed by atoms with Crippen molar-refractivity contribution in [2.45, 2.75) is 6.61 Å². The van der Waals surface area contributed by atoms with Crippen LogP contribution in [0.25, 0.3) is 0 Å². The normalized spacial score (nSPS) is 10.0. The highest BCUT2D eigenvalue weighted by Crippen LogP contribution is 2.22. The summed E-state index contributed by atoms with van der Waals surface area (Å²) >= 11 is 0. The third-order valence-electron chi connectivity index (χ3n) is 3.31. The lowest BCUT2D eigenvalue weighted by atomic mass is 10.2. The fraction of sp³-hybridized carbons (Fsp3) is 0.0556. The van der Waals surface area contributed by atoms with Gasteiger partial charge in [-0.3, -0.25) is 9.78 Å². The molecular weight excluding hydrogens is 322 g/mol. The van der Waals surface area contributed by atoms with E-state index in [2.05, 4.69) is 10.3 Å². The molecule has 1 amide bonds. The summed E-state index contributed by atoms with van der Waals surface area (Å²) in [5.74, 6) is 0.290. The molecule has 0 atom stereocenters. The lowest BCUT2D eigenvalue weighted by Crippen LogP contribution is -2.11. The van der Waals surface area contributed by atoms with Crippen molar-refractivity contribution in [1.82, 2.24) is 4.98 Å². The maximum Gasteiger partial charge on any atom is 0.291 e. The van der Waals surface area contributed by atoms with Crippen LogP contribution in [0, 0.1) is 11.3 Å². The van der Waals surface area contributed by atoms with Gasteiger partial charge in [0.15, 0.2) is 11.5 Å². The average molecular weight is 335 g/mol. The maximum absolute atomic E-state index is 12.1. The molecule has 7 nitrogen and oxygen atoms in total. The Bertz CT molecular complexity index is 943. The van der Waals surface area contributed by atoms with E-state index in [4.69, 9.17) is 14.4 Å². The van der Waals surface area contributed by atoms with Crippen molar-refractivity contribution in [2.24, 2.45) is 0 Å². The van der Waals surface area contributed by atoms with Gasteiger partial charge in [-0.25, -0.2) is 0 Å². The van der Waals surface area contributed by atoms with E-state index in [0.717, 1.165) is 0 Å². The third-order valence-corrected chi connectivity index (χ3v) is 3.31. The summed E-state index contributed by atoms with van der Waals surface area (Å²) in [7, 11) is 0. The van der Waals surface area contributed by atoms with Gasteiger partial charge >= 0.3 is 0 Å². The molecule has 0 aliphatic rings. The third kappa shape index (κ3) is 3.76. The molecule has 124 valence electrons. The summed E-state index contributed by atoms with van der Waals surface area (Å²) in [6.07, 6.45) is 2.67. The van der Waals surface area contributed by atoms with Gasteiger partial charge in [-0.05, 0) is 30.3 Å². The molecule has 3 rings (SSSR count). The zero-order valence-corrected chi connectivity index (χ0v) is 13.0. The number of amides is 1. The monoisotopic (exact) mass is 335 g/mol. The minimum absolute atomic E-state index is 0.0726. The number of anilines is 1. The van der Waals surface area contributed by atoms with Gasteiger partial charge in [0.2, 0.25) is 0 Å². The van der Waals surface area contributed by atoms with Crippen LogP contribution < -0.4 is 10.1 Å². The van der Waals surface area contributed by atoms with Gasteiger partial charge in [0, 0.05) is 6.20 Å². The quantitative estimate of drug-likeness (QED) is 0.742. The van der Waals surface area contributed by atoms with Crippen molar-refractivity contribution < 1.29 is 19.1 Å². The fourth-order valence-electron chi connectivity index (χ4n) is 2.09. The first kappa shape index (κ1) is 16.1. The molecule has 0 saturated carbocycles. The van der Waals surface area contributed by atoms with Crippen LogP contribution in [0.1, 0.15) is 21.9 Å². The Morgan fingerprint density at radius 3 is 2.92 bits per heavy atom. The predicted octanol–water partition coefficient (Wildman–Crippen LogP) is 3.08. The van der Waals surface area contributed by atoms with Crippen LogP contribution in [0.4, 0.5) is 5.69 Å². The number of ether oxygens (including phenoxy) is 1. The van der Waals surface area contributed by atoms with Crippen molar-refractivity contribution in [3.8, 4) is 17.6 Å². The molecule has 0 bridgehead atoms. The SMILES string of the molecule is N#Cc1ccccc1OCc1ccc(C(=O)Nc2ccncc2O)o1. The molecule has 2 heterocycles. The minimum atomic E-state index is -0.509. The Kier molecular flexibility index (Phi) is 4.62. The number of carbonyl (C=O) groups excluding carboxylic acids is 1. The molecule has 0 spiro atoms. The molecule has 3 aromatic rings. The first-order chi connectivity index (χ1) is 12.2. The fourth-order valence-corrected chi connectivity index (χ4v) is 2.09. The van der Waals surface area contributed by atoms with E-state index in [1.54, 1.807) is 30.3 Å². The molecule has 25 heavy (non-hydrogen) atoms. The van der Waals surface area contributed by atoms with E-state index < -0.39 is 5.91 Å². The first-order valence-electron chi connectivity index (χ1n) is 7.32. The molecule has 0 saturated heterocycles. The number of nitriles is 1. The molecule has 2 aromatic heterocycles. The number of furan rings is 1. The van der Waals surface area contributed by atoms with Gasteiger partial charge in [-0.2, -0.15) is 5.26 Å². The zero-order chi connectivity index (χ0) is 17.6. The van der Waals surface area contributed by atoms with Gasteiger partial charge in [0.1, 0.15) is 24.2 Å². The Balaban J connectivity index is 1.65. The number of aromatic hydroxyl groups is 1. The smallest absolute Gasteiger partial charge is 0.291 e. The molecule has 0 unspecified atom stereocenters. The van der Waals surface area contributed by atoms with E-state index in [1.165, 1.54) is 24.5 Å². The number of benzene rings is 1.